The van der Waals surface area contributed by atoms with Crippen LogP contribution in [0.4, 0.5) is 4.39 Å². The predicted octanol–water partition coefficient (Wildman–Crippen LogP) is 2.05. The Hall–Kier alpha value is -2.37. The number of hydrogen-bond donors (Lipinski definition) is 6. The molecular formula is C21H44FN9O. The Kier molecular flexibility index (Phi) is 13.6. The molecule has 0 aromatic rings. The minimum absolute atomic E-state index is 0.0982. The highest BCUT2D eigenvalue weighted by Crippen LogP contribution is 2.07. The zero-order chi connectivity index (χ0) is 24.8. The molecule has 0 rings (SSSR count). The van der Waals surface area contributed by atoms with Crippen LogP contribution < -0.4 is 27.9 Å². The van der Waals surface area contributed by atoms with Crippen LogP contribution in [-0.4, -0.2) is 60.6 Å². The second-order valence-corrected chi connectivity index (χ2v) is 9.70. The van der Waals surface area contributed by atoms with Crippen molar-refractivity contribution in [2.75, 3.05) is 39.6 Å². The van der Waals surface area contributed by atoms with E-state index in [0.29, 0.717) is 43.1 Å². The third kappa shape index (κ3) is 17.3. The molecule has 0 aromatic carbocycles. The average molecular weight is 458 g/mol. The summed E-state index contributed by atoms with van der Waals surface area (Å²) < 4.78 is 17.4. The molecule has 0 saturated heterocycles. The van der Waals surface area contributed by atoms with Gasteiger partial charge < -0.3 is 26.8 Å². The van der Waals surface area contributed by atoms with Gasteiger partial charge >= 0.3 is 0 Å². The summed E-state index contributed by atoms with van der Waals surface area (Å²) in [5.41, 5.74) is 21.3. The van der Waals surface area contributed by atoms with Gasteiger partial charge in [-0.25, -0.2) is 11.4 Å². The van der Waals surface area contributed by atoms with Crippen LogP contribution in [-0.2, 0) is 4.74 Å². The lowest BCUT2D eigenvalue weighted by Crippen LogP contribution is -2.38. The quantitative estimate of drug-likeness (QED) is 0.0718. The van der Waals surface area contributed by atoms with Crippen molar-refractivity contribution in [3.8, 4) is 0 Å². The second-order valence-electron chi connectivity index (χ2n) is 9.70. The molecular weight excluding hydrogens is 413 g/mol. The van der Waals surface area contributed by atoms with Gasteiger partial charge in [-0.2, -0.15) is 5.11 Å². The van der Waals surface area contributed by atoms with Gasteiger partial charge in [0.25, 0.3) is 0 Å². The van der Waals surface area contributed by atoms with Crippen LogP contribution in [0.25, 0.3) is 0 Å². The normalized spacial score (nSPS) is 14.0. The summed E-state index contributed by atoms with van der Waals surface area (Å²) in [7, 11) is 0. The zero-order valence-corrected chi connectivity index (χ0v) is 20.5. The van der Waals surface area contributed by atoms with Crippen molar-refractivity contribution >= 4 is 0 Å². The Bertz CT molecular complexity index is 636. The smallest absolute Gasteiger partial charge is 0.132 e. The van der Waals surface area contributed by atoms with E-state index in [1.165, 1.54) is 5.01 Å². The van der Waals surface area contributed by atoms with Crippen molar-refractivity contribution < 1.29 is 9.13 Å². The first-order valence-electron chi connectivity index (χ1n) is 10.7. The van der Waals surface area contributed by atoms with E-state index in [2.05, 4.69) is 15.7 Å². The van der Waals surface area contributed by atoms with E-state index in [0.717, 1.165) is 0 Å². The van der Waals surface area contributed by atoms with E-state index in [-0.39, 0.29) is 24.4 Å². The Labute approximate surface area is 192 Å². The molecule has 0 aliphatic rings. The number of ether oxygens (including phenoxy) is 1. The molecule has 0 saturated carbocycles. The first-order chi connectivity index (χ1) is 14.8. The molecule has 0 fully saturated rings. The number of nitrogens with zero attached hydrogens (tertiary/aromatic N) is 3. The lowest BCUT2D eigenvalue weighted by atomic mass is 10.1. The number of nitrogens with one attached hydrogen (secondary N) is 3. The molecule has 10 nitrogen and oxygen atoms in total. The fourth-order valence-electron chi connectivity index (χ4n) is 2.30. The Morgan fingerprint density at radius 1 is 1.00 bits per heavy atom. The number of rotatable bonds is 15. The number of nitrogens with two attached hydrogens (primary N) is 3. The minimum atomic E-state index is -0.433. The van der Waals surface area contributed by atoms with Gasteiger partial charge in [0, 0.05) is 60.7 Å². The Morgan fingerprint density at radius 3 is 2.09 bits per heavy atom. The maximum Gasteiger partial charge on any atom is 0.132 e. The molecule has 32 heavy (non-hydrogen) atoms. The van der Waals surface area contributed by atoms with Gasteiger partial charge in [-0.3, -0.25) is 14.3 Å². The molecule has 0 radical (unpaired) electrons. The SMILES string of the molecule is CC(C)(C)N/C=C(\N)CN(C/C(N)=C/N(N)COCCCF)C/C(=C/NC(C)(C)C)N=N. The highest BCUT2D eigenvalue weighted by atomic mass is 19.1. The van der Waals surface area contributed by atoms with Gasteiger partial charge in [0.05, 0.1) is 19.0 Å². The molecule has 0 unspecified atom stereocenters. The number of hydrogen-bond acceptors (Lipinski definition) is 10. The van der Waals surface area contributed by atoms with E-state index in [1.807, 2.05) is 46.4 Å². The van der Waals surface area contributed by atoms with Crippen molar-refractivity contribution in [1.29, 1.82) is 5.53 Å². The lowest BCUT2D eigenvalue weighted by molar-refractivity contribution is 0.0494. The van der Waals surface area contributed by atoms with Crippen LogP contribution in [0.5, 0.6) is 0 Å². The van der Waals surface area contributed by atoms with Crippen LogP contribution in [0.1, 0.15) is 48.0 Å². The molecule has 0 aromatic heterocycles. The van der Waals surface area contributed by atoms with Crippen molar-refractivity contribution in [2.24, 2.45) is 22.4 Å². The second kappa shape index (κ2) is 14.6. The molecule has 0 aliphatic heterocycles. The van der Waals surface area contributed by atoms with E-state index >= 15 is 0 Å². The summed E-state index contributed by atoms with van der Waals surface area (Å²) in [4.78, 5) is 1.95. The maximum atomic E-state index is 12.1. The van der Waals surface area contributed by atoms with Gasteiger partial charge in [0.1, 0.15) is 6.73 Å². The minimum Gasteiger partial charge on any atom is -0.400 e. The summed E-state index contributed by atoms with van der Waals surface area (Å²) in [6.07, 6.45) is 5.38. The summed E-state index contributed by atoms with van der Waals surface area (Å²) in [6.45, 7) is 13.2. The monoisotopic (exact) mass is 457 g/mol. The number of alkyl halides is 1. The molecule has 0 spiro atoms. The Balaban J connectivity index is 5.30. The van der Waals surface area contributed by atoms with Gasteiger partial charge in [-0.1, -0.05) is 0 Å². The largest absolute Gasteiger partial charge is 0.400 e. The van der Waals surface area contributed by atoms with Crippen molar-refractivity contribution in [3.05, 3.63) is 35.7 Å². The third-order valence-electron chi connectivity index (χ3n) is 3.70. The predicted molar refractivity (Wildman–Crippen MR) is 127 cm³/mol. The fourth-order valence-corrected chi connectivity index (χ4v) is 2.30. The molecule has 186 valence electrons. The van der Waals surface area contributed by atoms with Crippen molar-refractivity contribution in [2.45, 2.75) is 59.0 Å². The topological polar surface area (TPSA) is 154 Å². The van der Waals surface area contributed by atoms with Crippen LogP contribution in [0.15, 0.2) is 40.8 Å². The molecule has 9 N–H and O–H groups in total. The standard InChI is InChI=1S/C21H44FN9O/c1-20(2,3)27-10-17(23)12-30(15-19(29-25)11-28-21(4,5)6)13-18(24)14-31(26)16-32-9-7-8-22/h10-11,14,25,27-28H,7-9,12-13,15-16,23-24,26H2,1-6H3/b17-10-,18-14-,19-11-,29-25?. The van der Waals surface area contributed by atoms with Gasteiger partial charge in [0.2, 0.25) is 0 Å². The summed E-state index contributed by atoms with van der Waals surface area (Å²) >= 11 is 0. The van der Waals surface area contributed by atoms with Crippen molar-refractivity contribution in [1.82, 2.24) is 20.5 Å². The maximum absolute atomic E-state index is 12.1. The van der Waals surface area contributed by atoms with E-state index < -0.39 is 6.67 Å². The van der Waals surface area contributed by atoms with Crippen molar-refractivity contribution in [3.63, 3.8) is 0 Å². The van der Waals surface area contributed by atoms with Gasteiger partial charge in [-0.05, 0) is 48.0 Å². The first kappa shape index (κ1) is 29.6. The van der Waals surface area contributed by atoms with Gasteiger partial charge in [-0.15, -0.1) is 0 Å². The molecule has 11 heteroatoms. The molecule has 0 heterocycles. The fraction of sp³-hybridized carbons (Fsp3) is 0.714. The van der Waals surface area contributed by atoms with Crippen LogP contribution in [0, 0.1) is 5.53 Å². The van der Waals surface area contributed by atoms with E-state index in [9.17, 15) is 4.39 Å². The van der Waals surface area contributed by atoms with Crippen LogP contribution in [0.2, 0.25) is 0 Å². The highest BCUT2D eigenvalue weighted by Gasteiger charge is 2.14. The van der Waals surface area contributed by atoms with Crippen LogP contribution >= 0.6 is 0 Å². The number of halogens is 1. The van der Waals surface area contributed by atoms with Gasteiger partial charge in [0.15, 0.2) is 0 Å². The lowest BCUT2D eigenvalue weighted by Gasteiger charge is -2.25. The summed E-state index contributed by atoms with van der Waals surface area (Å²) in [5.74, 6) is 5.88. The molecule has 0 atom stereocenters. The Morgan fingerprint density at radius 2 is 1.56 bits per heavy atom. The summed E-state index contributed by atoms with van der Waals surface area (Å²) in [5, 5.41) is 11.4. The van der Waals surface area contributed by atoms with E-state index in [1.54, 1.807) is 18.6 Å². The molecule has 0 aliphatic carbocycles. The third-order valence-corrected chi connectivity index (χ3v) is 3.70. The number of hydrazine groups is 1. The van der Waals surface area contributed by atoms with Crippen LogP contribution in [0.3, 0.4) is 0 Å². The highest BCUT2D eigenvalue weighted by molar-refractivity contribution is 5.08. The first-order valence-corrected chi connectivity index (χ1v) is 10.7. The zero-order valence-electron chi connectivity index (χ0n) is 20.5. The average Bonchev–Trinajstić information content (AvgIpc) is 2.65. The molecule has 0 bridgehead atoms. The molecule has 0 amide bonds. The summed E-state index contributed by atoms with van der Waals surface area (Å²) in [6, 6.07) is 0. The van der Waals surface area contributed by atoms with E-state index in [4.69, 9.17) is 27.6 Å².